The molecule has 21 heavy (non-hydrogen) atoms. The fourth-order valence-corrected chi connectivity index (χ4v) is 2.76. The van der Waals surface area contributed by atoms with E-state index in [1.54, 1.807) is 0 Å². The van der Waals surface area contributed by atoms with Gasteiger partial charge in [-0.25, -0.2) is 17.5 Å². The summed E-state index contributed by atoms with van der Waals surface area (Å²) in [5, 5.41) is 2.72. The van der Waals surface area contributed by atoms with E-state index in [0.717, 1.165) is 18.2 Å². The molecule has 0 aliphatic rings. The van der Waals surface area contributed by atoms with E-state index in [0.29, 0.717) is 0 Å². The first kappa shape index (κ1) is 17.4. The highest BCUT2D eigenvalue weighted by molar-refractivity contribution is 7.89. The van der Waals surface area contributed by atoms with Crippen molar-refractivity contribution in [2.24, 2.45) is 0 Å². The lowest BCUT2D eigenvalue weighted by molar-refractivity contribution is -0.122. The predicted octanol–water partition coefficient (Wildman–Crippen LogP) is 0.991. The van der Waals surface area contributed by atoms with Crippen molar-refractivity contribution in [2.45, 2.75) is 37.6 Å². The summed E-state index contributed by atoms with van der Waals surface area (Å²) < 4.78 is 39.1. The quantitative estimate of drug-likeness (QED) is 0.705. The van der Waals surface area contributed by atoms with Gasteiger partial charge in [0.15, 0.2) is 0 Å². The van der Waals surface area contributed by atoms with Gasteiger partial charge in [0.25, 0.3) is 0 Å². The van der Waals surface area contributed by atoms with Gasteiger partial charge in [0, 0.05) is 18.5 Å². The molecule has 0 fully saturated rings. The lowest BCUT2D eigenvalue weighted by atomic mass is 10.1. The Balaban J connectivity index is 2.64. The minimum Gasteiger partial charge on any atom is -0.398 e. The summed E-state index contributed by atoms with van der Waals surface area (Å²) >= 11 is 0. The van der Waals surface area contributed by atoms with Gasteiger partial charge in [-0.1, -0.05) is 0 Å². The van der Waals surface area contributed by atoms with E-state index >= 15 is 0 Å². The van der Waals surface area contributed by atoms with Crippen molar-refractivity contribution in [1.82, 2.24) is 10.0 Å². The second-order valence-electron chi connectivity index (χ2n) is 5.63. The van der Waals surface area contributed by atoms with Crippen LogP contribution in [0.2, 0.25) is 0 Å². The van der Waals surface area contributed by atoms with Crippen LogP contribution < -0.4 is 15.8 Å². The molecular weight excluding hydrogens is 297 g/mol. The third-order valence-corrected chi connectivity index (χ3v) is 3.95. The van der Waals surface area contributed by atoms with Gasteiger partial charge < -0.3 is 11.1 Å². The van der Waals surface area contributed by atoms with Crippen LogP contribution in [0.3, 0.4) is 0 Å². The molecule has 0 aromatic heterocycles. The summed E-state index contributed by atoms with van der Waals surface area (Å²) in [5.41, 5.74) is 4.93. The molecule has 0 aliphatic carbocycles. The Labute approximate surface area is 124 Å². The molecule has 0 spiro atoms. The molecule has 1 aromatic carbocycles. The Hall–Kier alpha value is -1.67. The third-order valence-electron chi connectivity index (χ3n) is 2.42. The maximum absolute atomic E-state index is 12.9. The number of rotatable bonds is 5. The maximum Gasteiger partial charge on any atom is 0.242 e. The number of carbonyl (C=O) groups is 1. The number of nitrogens with two attached hydrogens (primary N) is 1. The van der Waals surface area contributed by atoms with Gasteiger partial charge in [-0.2, -0.15) is 0 Å². The average Bonchev–Trinajstić information content (AvgIpc) is 2.25. The number of anilines is 1. The highest BCUT2D eigenvalue weighted by Crippen LogP contribution is 2.18. The van der Waals surface area contributed by atoms with E-state index in [1.807, 2.05) is 20.8 Å². The largest absolute Gasteiger partial charge is 0.398 e. The Morgan fingerprint density at radius 2 is 1.95 bits per heavy atom. The summed E-state index contributed by atoms with van der Waals surface area (Å²) in [7, 11) is -3.87. The molecule has 1 amide bonds. The topological polar surface area (TPSA) is 101 Å². The number of hydrogen-bond acceptors (Lipinski definition) is 4. The number of amides is 1. The second kappa shape index (κ2) is 6.40. The molecular formula is C13H20FN3O3S. The standard InChI is InChI=1S/C13H20FN3O3S/c1-13(2,3)17-12(18)6-7-16-21(19,20)11-5-4-9(14)8-10(11)15/h4-5,8,16H,6-7,15H2,1-3H3,(H,17,18). The zero-order valence-corrected chi connectivity index (χ0v) is 13.1. The first-order valence-corrected chi connectivity index (χ1v) is 7.85. The van der Waals surface area contributed by atoms with Crippen molar-refractivity contribution in [3.63, 3.8) is 0 Å². The van der Waals surface area contributed by atoms with Crippen LogP contribution >= 0.6 is 0 Å². The molecule has 0 heterocycles. The summed E-state index contributed by atoms with van der Waals surface area (Å²) in [4.78, 5) is 11.4. The monoisotopic (exact) mass is 317 g/mol. The Morgan fingerprint density at radius 3 is 2.48 bits per heavy atom. The SMILES string of the molecule is CC(C)(C)NC(=O)CCNS(=O)(=O)c1ccc(F)cc1N. The van der Waals surface area contributed by atoms with E-state index in [2.05, 4.69) is 10.0 Å². The number of sulfonamides is 1. The van der Waals surface area contributed by atoms with Crippen LogP contribution in [0.4, 0.5) is 10.1 Å². The molecule has 118 valence electrons. The van der Waals surface area contributed by atoms with Gasteiger partial charge in [0.2, 0.25) is 15.9 Å². The van der Waals surface area contributed by atoms with Gasteiger partial charge in [-0.15, -0.1) is 0 Å². The average molecular weight is 317 g/mol. The first-order chi connectivity index (χ1) is 9.51. The van der Waals surface area contributed by atoms with Crippen LogP contribution in [-0.4, -0.2) is 26.4 Å². The first-order valence-electron chi connectivity index (χ1n) is 6.37. The van der Waals surface area contributed by atoms with E-state index in [4.69, 9.17) is 5.73 Å². The minimum atomic E-state index is -3.87. The predicted molar refractivity (Wildman–Crippen MR) is 78.5 cm³/mol. The van der Waals surface area contributed by atoms with Crippen LogP contribution in [0.15, 0.2) is 23.1 Å². The Bertz CT molecular complexity index is 624. The molecule has 0 bridgehead atoms. The molecule has 4 N–H and O–H groups in total. The van der Waals surface area contributed by atoms with Crippen molar-refractivity contribution in [2.75, 3.05) is 12.3 Å². The van der Waals surface area contributed by atoms with Gasteiger partial charge in [-0.05, 0) is 39.0 Å². The summed E-state index contributed by atoms with van der Waals surface area (Å²) in [6.07, 6.45) is -0.00238. The lowest BCUT2D eigenvalue weighted by Crippen LogP contribution is -2.42. The number of benzene rings is 1. The van der Waals surface area contributed by atoms with Gasteiger partial charge in [0.1, 0.15) is 10.7 Å². The van der Waals surface area contributed by atoms with Crippen molar-refractivity contribution in [3.05, 3.63) is 24.0 Å². The lowest BCUT2D eigenvalue weighted by Gasteiger charge is -2.20. The van der Waals surface area contributed by atoms with Crippen molar-refractivity contribution < 1.29 is 17.6 Å². The smallest absolute Gasteiger partial charge is 0.242 e. The highest BCUT2D eigenvalue weighted by Gasteiger charge is 2.19. The molecule has 0 unspecified atom stereocenters. The minimum absolute atomic E-state index is 0.00238. The van der Waals surface area contributed by atoms with Crippen LogP contribution in [0.25, 0.3) is 0 Å². The number of carbonyl (C=O) groups excluding carboxylic acids is 1. The summed E-state index contributed by atoms with van der Waals surface area (Å²) in [5.74, 6) is -0.881. The molecule has 0 saturated heterocycles. The Morgan fingerprint density at radius 1 is 1.33 bits per heavy atom. The number of nitrogens with one attached hydrogen (secondary N) is 2. The number of hydrogen-bond donors (Lipinski definition) is 3. The van der Waals surface area contributed by atoms with E-state index in [9.17, 15) is 17.6 Å². The highest BCUT2D eigenvalue weighted by atomic mass is 32.2. The fraction of sp³-hybridized carbons (Fsp3) is 0.462. The van der Waals surface area contributed by atoms with Crippen LogP contribution in [-0.2, 0) is 14.8 Å². The molecule has 1 rings (SSSR count). The van der Waals surface area contributed by atoms with Gasteiger partial charge in [0.05, 0.1) is 5.69 Å². The van der Waals surface area contributed by atoms with Gasteiger partial charge >= 0.3 is 0 Å². The Kier molecular flexibility index (Phi) is 5.30. The number of nitrogen functional groups attached to an aromatic ring is 1. The number of halogens is 1. The normalized spacial score (nSPS) is 12.2. The molecule has 6 nitrogen and oxygen atoms in total. The van der Waals surface area contributed by atoms with Crippen LogP contribution in [0.5, 0.6) is 0 Å². The van der Waals surface area contributed by atoms with Gasteiger partial charge in [-0.3, -0.25) is 4.79 Å². The van der Waals surface area contributed by atoms with Crippen molar-refractivity contribution in [1.29, 1.82) is 0 Å². The zero-order valence-electron chi connectivity index (χ0n) is 12.2. The van der Waals surface area contributed by atoms with E-state index < -0.39 is 15.8 Å². The summed E-state index contributed by atoms with van der Waals surface area (Å²) in [6.45, 7) is 5.41. The molecule has 0 aliphatic heterocycles. The van der Waals surface area contributed by atoms with E-state index in [1.165, 1.54) is 0 Å². The molecule has 0 radical (unpaired) electrons. The van der Waals surface area contributed by atoms with E-state index in [-0.39, 0.29) is 35.0 Å². The molecule has 8 heteroatoms. The van der Waals surface area contributed by atoms with Crippen LogP contribution in [0, 0.1) is 5.82 Å². The molecule has 0 saturated carbocycles. The molecule has 0 atom stereocenters. The fourth-order valence-electron chi connectivity index (χ4n) is 1.62. The summed E-state index contributed by atoms with van der Waals surface area (Å²) in [6, 6.07) is 3.03. The zero-order chi connectivity index (χ0) is 16.3. The third kappa shape index (κ3) is 5.68. The van der Waals surface area contributed by atoms with Crippen molar-refractivity contribution in [3.8, 4) is 0 Å². The van der Waals surface area contributed by atoms with Crippen molar-refractivity contribution >= 4 is 21.6 Å². The second-order valence-corrected chi connectivity index (χ2v) is 7.36. The molecule has 1 aromatic rings. The van der Waals surface area contributed by atoms with Crippen LogP contribution in [0.1, 0.15) is 27.2 Å². The maximum atomic E-state index is 12.9.